The van der Waals surface area contributed by atoms with Crippen LogP contribution in [0.25, 0.3) is 0 Å². The molecule has 1 aromatic rings. The van der Waals surface area contributed by atoms with Gasteiger partial charge in [-0.3, -0.25) is 4.79 Å². The molecule has 2 rings (SSSR count). The molecule has 1 aliphatic rings. The van der Waals surface area contributed by atoms with E-state index < -0.39 is 0 Å². The summed E-state index contributed by atoms with van der Waals surface area (Å²) in [6.07, 6.45) is 2.98. The average molecular weight is 238 g/mol. The Bertz CT molecular complexity index is 400. The highest BCUT2D eigenvalue weighted by Gasteiger charge is 2.27. The SMILES string of the molecule is CCC(C)C(N)c1nc(C(=O)NC2CC2)no1. The molecule has 2 atom stereocenters. The predicted molar refractivity (Wildman–Crippen MR) is 61.2 cm³/mol. The minimum Gasteiger partial charge on any atom is -0.346 e. The maximum atomic E-state index is 11.6. The highest BCUT2D eigenvalue weighted by Crippen LogP contribution is 2.21. The number of amides is 1. The van der Waals surface area contributed by atoms with E-state index in [1.807, 2.05) is 13.8 Å². The monoisotopic (exact) mass is 238 g/mol. The Balaban J connectivity index is 2.01. The van der Waals surface area contributed by atoms with Crippen LogP contribution in [-0.4, -0.2) is 22.1 Å². The van der Waals surface area contributed by atoms with Crippen molar-refractivity contribution in [1.82, 2.24) is 15.5 Å². The second-order valence-electron chi connectivity index (χ2n) is 4.62. The molecule has 0 bridgehead atoms. The van der Waals surface area contributed by atoms with Crippen molar-refractivity contribution in [3.63, 3.8) is 0 Å². The summed E-state index contributed by atoms with van der Waals surface area (Å²) in [6.45, 7) is 4.06. The quantitative estimate of drug-likeness (QED) is 0.798. The van der Waals surface area contributed by atoms with Crippen molar-refractivity contribution < 1.29 is 9.32 Å². The molecule has 0 aliphatic heterocycles. The van der Waals surface area contributed by atoms with Crippen molar-refractivity contribution in [2.24, 2.45) is 11.7 Å². The third-order valence-electron chi connectivity index (χ3n) is 3.10. The Kier molecular flexibility index (Phi) is 3.42. The van der Waals surface area contributed by atoms with Gasteiger partial charge in [0.15, 0.2) is 0 Å². The van der Waals surface area contributed by atoms with Gasteiger partial charge in [0, 0.05) is 6.04 Å². The van der Waals surface area contributed by atoms with Crippen molar-refractivity contribution in [2.45, 2.75) is 45.2 Å². The van der Waals surface area contributed by atoms with Crippen molar-refractivity contribution in [2.75, 3.05) is 0 Å². The number of rotatable bonds is 5. The van der Waals surface area contributed by atoms with Gasteiger partial charge in [0.05, 0.1) is 6.04 Å². The highest BCUT2D eigenvalue weighted by atomic mass is 16.5. The first kappa shape index (κ1) is 12.0. The van der Waals surface area contributed by atoms with Crippen molar-refractivity contribution in [1.29, 1.82) is 0 Å². The van der Waals surface area contributed by atoms with E-state index in [0.29, 0.717) is 5.89 Å². The van der Waals surface area contributed by atoms with Crippen LogP contribution in [-0.2, 0) is 0 Å². The van der Waals surface area contributed by atoms with Gasteiger partial charge >= 0.3 is 0 Å². The van der Waals surface area contributed by atoms with Crippen molar-refractivity contribution in [3.05, 3.63) is 11.7 Å². The molecule has 1 amide bonds. The molecule has 0 saturated heterocycles. The number of carbonyl (C=O) groups excluding carboxylic acids is 1. The zero-order chi connectivity index (χ0) is 12.4. The van der Waals surface area contributed by atoms with Gasteiger partial charge in [-0.25, -0.2) is 0 Å². The Morgan fingerprint density at radius 1 is 1.65 bits per heavy atom. The third kappa shape index (κ3) is 2.82. The first-order chi connectivity index (χ1) is 8.11. The second-order valence-corrected chi connectivity index (χ2v) is 4.62. The first-order valence-electron chi connectivity index (χ1n) is 6.01. The lowest BCUT2D eigenvalue weighted by molar-refractivity contribution is 0.0937. The molecule has 1 aromatic heterocycles. The number of nitrogens with one attached hydrogen (secondary N) is 1. The molecule has 3 N–H and O–H groups in total. The van der Waals surface area contributed by atoms with Crippen LogP contribution in [0.5, 0.6) is 0 Å². The molecule has 2 unspecified atom stereocenters. The summed E-state index contributed by atoms with van der Waals surface area (Å²) in [5.74, 6) is 0.375. The van der Waals surface area contributed by atoms with Crippen LogP contribution in [0.2, 0.25) is 0 Å². The molecule has 1 saturated carbocycles. The van der Waals surface area contributed by atoms with Crippen LogP contribution < -0.4 is 11.1 Å². The summed E-state index contributed by atoms with van der Waals surface area (Å²) < 4.78 is 5.03. The smallest absolute Gasteiger partial charge is 0.292 e. The van der Waals surface area contributed by atoms with E-state index in [-0.39, 0.29) is 29.7 Å². The van der Waals surface area contributed by atoms with Crippen LogP contribution in [0.15, 0.2) is 4.52 Å². The molecular formula is C11H18N4O2. The normalized spacial score (nSPS) is 18.8. The maximum absolute atomic E-state index is 11.6. The van der Waals surface area contributed by atoms with Crippen LogP contribution in [0.3, 0.4) is 0 Å². The van der Waals surface area contributed by atoms with Crippen LogP contribution >= 0.6 is 0 Å². The van der Waals surface area contributed by atoms with E-state index in [4.69, 9.17) is 10.3 Å². The van der Waals surface area contributed by atoms with Gasteiger partial charge in [-0.15, -0.1) is 0 Å². The van der Waals surface area contributed by atoms with Crippen LogP contribution in [0.1, 0.15) is 55.7 Å². The van der Waals surface area contributed by atoms with Crippen molar-refractivity contribution in [3.8, 4) is 0 Å². The van der Waals surface area contributed by atoms with E-state index in [1.165, 1.54) is 0 Å². The number of hydrogen-bond donors (Lipinski definition) is 2. The summed E-state index contributed by atoms with van der Waals surface area (Å²) in [5.41, 5.74) is 5.95. The molecule has 0 radical (unpaired) electrons. The molecule has 0 aromatic carbocycles. The minimum absolute atomic E-state index is 0.0747. The average Bonchev–Trinajstić information content (AvgIpc) is 2.99. The summed E-state index contributed by atoms with van der Waals surface area (Å²) >= 11 is 0. The van der Waals surface area contributed by atoms with Crippen LogP contribution in [0.4, 0.5) is 0 Å². The molecule has 17 heavy (non-hydrogen) atoms. The molecule has 1 aliphatic carbocycles. The number of carbonyl (C=O) groups is 1. The fraction of sp³-hybridized carbons (Fsp3) is 0.727. The fourth-order valence-corrected chi connectivity index (χ4v) is 1.44. The summed E-state index contributed by atoms with van der Waals surface area (Å²) in [7, 11) is 0. The number of nitrogens with two attached hydrogens (primary N) is 1. The topological polar surface area (TPSA) is 94.0 Å². The Hall–Kier alpha value is -1.43. The number of hydrogen-bond acceptors (Lipinski definition) is 5. The second kappa shape index (κ2) is 4.83. The van der Waals surface area contributed by atoms with Gasteiger partial charge in [-0.2, -0.15) is 4.98 Å². The zero-order valence-corrected chi connectivity index (χ0v) is 10.1. The van der Waals surface area contributed by atoms with Gasteiger partial charge < -0.3 is 15.6 Å². The Morgan fingerprint density at radius 3 is 2.94 bits per heavy atom. The number of nitrogens with zero attached hydrogens (tertiary/aromatic N) is 2. The van der Waals surface area contributed by atoms with E-state index in [1.54, 1.807) is 0 Å². The van der Waals surface area contributed by atoms with E-state index in [9.17, 15) is 4.79 Å². The molecule has 6 heteroatoms. The molecular weight excluding hydrogens is 220 g/mol. The van der Waals surface area contributed by atoms with Gasteiger partial charge in [-0.05, 0) is 18.8 Å². The Labute approximate surface area is 99.9 Å². The fourth-order valence-electron chi connectivity index (χ4n) is 1.44. The highest BCUT2D eigenvalue weighted by molar-refractivity contribution is 5.90. The summed E-state index contributed by atoms with van der Waals surface area (Å²) in [6, 6.07) is -0.0253. The lowest BCUT2D eigenvalue weighted by Gasteiger charge is -2.12. The van der Waals surface area contributed by atoms with E-state index in [0.717, 1.165) is 19.3 Å². The molecule has 1 fully saturated rings. The molecule has 6 nitrogen and oxygen atoms in total. The maximum Gasteiger partial charge on any atom is 0.292 e. The van der Waals surface area contributed by atoms with Gasteiger partial charge in [0.2, 0.25) is 5.89 Å². The number of aromatic nitrogens is 2. The van der Waals surface area contributed by atoms with E-state index in [2.05, 4.69) is 15.5 Å². The summed E-state index contributed by atoms with van der Waals surface area (Å²) in [5, 5.41) is 6.46. The summed E-state index contributed by atoms with van der Waals surface area (Å²) in [4.78, 5) is 15.7. The lowest BCUT2D eigenvalue weighted by Crippen LogP contribution is -2.26. The predicted octanol–water partition coefficient (Wildman–Crippen LogP) is 1.01. The first-order valence-corrected chi connectivity index (χ1v) is 6.01. The van der Waals surface area contributed by atoms with Gasteiger partial charge in [0.25, 0.3) is 11.7 Å². The van der Waals surface area contributed by atoms with Gasteiger partial charge in [0.1, 0.15) is 0 Å². The third-order valence-corrected chi connectivity index (χ3v) is 3.10. The van der Waals surface area contributed by atoms with Crippen LogP contribution in [0, 0.1) is 5.92 Å². The molecule has 1 heterocycles. The van der Waals surface area contributed by atoms with Gasteiger partial charge in [-0.1, -0.05) is 25.4 Å². The lowest BCUT2D eigenvalue weighted by atomic mass is 10.0. The Morgan fingerprint density at radius 2 is 2.35 bits per heavy atom. The zero-order valence-electron chi connectivity index (χ0n) is 10.1. The molecule has 94 valence electrons. The van der Waals surface area contributed by atoms with Crippen molar-refractivity contribution >= 4 is 5.91 Å². The van der Waals surface area contributed by atoms with E-state index >= 15 is 0 Å². The molecule has 0 spiro atoms. The minimum atomic E-state index is -0.310. The largest absolute Gasteiger partial charge is 0.346 e. The standard InChI is InChI=1S/C11H18N4O2/c1-3-6(2)8(12)11-14-9(15-17-11)10(16)13-7-4-5-7/h6-8H,3-5,12H2,1-2H3,(H,13,16).